The van der Waals surface area contributed by atoms with Crippen LogP contribution in [0.25, 0.3) is 0 Å². The Bertz CT molecular complexity index is 530. The number of carbonyl (C=O) groups is 1. The molecular weight excluding hydrogens is 277 g/mol. The lowest BCUT2D eigenvalue weighted by atomic mass is 10.1. The second-order valence-corrected chi connectivity index (χ2v) is 4.62. The average molecular weight is 297 g/mol. The zero-order valence-electron chi connectivity index (χ0n) is 12.4. The molecule has 0 spiro atoms. The number of hydrogen-bond acceptors (Lipinski definition) is 4. The second kappa shape index (κ2) is 7.56. The van der Waals surface area contributed by atoms with Gasteiger partial charge in [-0.05, 0) is 25.8 Å². The van der Waals surface area contributed by atoms with Gasteiger partial charge in [-0.1, -0.05) is 13.8 Å². The van der Waals surface area contributed by atoms with Crippen LogP contribution in [0.1, 0.15) is 44.0 Å². The summed E-state index contributed by atoms with van der Waals surface area (Å²) in [7, 11) is 0. The summed E-state index contributed by atoms with van der Waals surface area (Å²) in [5.74, 6) is -1.31. The van der Waals surface area contributed by atoms with Crippen molar-refractivity contribution in [2.45, 2.75) is 39.7 Å². The van der Waals surface area contributed by atoms with Gasteiger partial charge in [-0.25, -0.2) is 4.39 Å². The molecule has 0 saturated heterocycles. The van der Waals surface area contributed by atoms with Crippen LogP contribution >= 0.6 is 0 Å². The van der Waals surface area contributed by atoms with Gasteiger partial charge in [0.25, 0.3) is 11.6 Å². The number of nitro benzene ring substituents is 1. The minimum Gasteiger partial charge on any atom is -0.383 e. The molecule has 0 fully saturated rings. The zero-order valence-corrected chi connectivity index (χ0v) is 12.4. The molecule has 0 saturated carbocycles. The van der Waals surface area contributed by atoms with E-state index in [1.807, 2.05) is 13.8 Å². The van der Waals surface area contributed by atoms with E-state index in [1.165, 1.54) is 6.07 Å². The first-order valence-electron chi connectivity index (χ1n) is 6.97. The van der Waals surface area contributed by atoms with Crippen molar-refractivity contribution in [1.29, 1.82) is 0 Å². The van der Waals surface area contributed by atoms with Crippen LogP contribution in [0.5, 0.6) is 0 Å². The van der Waals surface area contributed by atoms with Crippen molar-refractivity contribution in [3.05, 3.63) is 33.6 Å². The van der Waals surface area contributed by atoms with Gasteiger partial charge in [-0.2, -0.15) is 0 Å². The number of nitrogens with zero attached hydrogens (tertiary/aromatic N) is 1. The van der Waals surface area contributed by atoms with Gasteiger partial charge >= 0.3 is 0 Å². The van der Waals surface area contributed by atoms with Gasteiger partial charge in [0.2, 0.25) is 0 Å². The summed E-state index contributed by atoms with van der Waals surface area (Å²) in [6, 6.07) is 1.90. The van der Waals surface area contributed by atoms with E-state index in [2.05, 4.69) is 10.6 Å². The molecule has 1 rings (SSSR count). The summed E-state index contributed by atoms with van der Waals surface area (Å²) >= 11 is 0. The fourth-order valence-corrected chi connectivity index (χ4v) is 1.98. The van der Waals surface area contributed by atoms with E-state index in [4.69, 9.17) is 0 Å². The predicted octanol–water partition coefficient (Wildman–Crippen LogP) is 3.08. The van der Waals surface area contributed by atoms with Gasteiger partial charge in [0, 0.05) is 12.6 Å². The number of halogens is 1. The van der Waals surface area contributed by atoms with Gasteiger partial charge < -0.3 is 10.6 Å². The number of benzene rings is 1. The Labute approximate surface area is 122 Å². The molecule has 0 aliphatic rings. The van der Waals surface area contributed by atoms with Crippen LogP contribution in [0.4, 0.5) is 15.8 Å². The molecular formula is C14H20FN3O3. The molecule has 0 unspecified atom stereocenters. The number of anilines is 1. The lowest BCUT2D eigenvalue weighted by molar-refractivity contribution is -0.385. The summed E-state index contributed by atoms with van der Waals surface area (Å²) in [5, 5.41) is 16.5. The van der Waals surface area contributed by atoms with Gasteiger partial charge in [0.05, 0.1) is 16.7 Å². The monoisotopic (exact) mass is 297 g/mol. The second-order valence-electron chi connectivity index (χ2n) is 4.62. The van der Waals surface area contributed by atoms with E-state index in [1.54, 1.807) is 6.92 Å². The van der Waals surface area contributed by atoms with E-state index in [9.17, 15) is 19.3 Å². The largest absolute Gasteiger partial charge is 0.383 e. The van der Waals surface area contributed by atoms with E-state index >= 15 is 0 Å². The first kappa shape index (κ1) is 16.9. The molecule has 116 valence electrons. The van der Waals surface area contributed by atoms with Crippen molar-refractivity contribution in [2.75, 3.05) is 11.9 Å². The standard InChI is InChI=1S/C14H20FN3O3/c1-4-9(5-2)17-14(19)10-7-12(16-6-3)11(15)8-13(10)18(20)21/h7-9,16H,4-6H2,1-3H3,(H,17,19). The Morgan fingerprint density at radius 1 is 1.33 bits per heavy atom. The molecule has 7 heteroatoms. The van der Waals surface area contributed by atoms with Crippen LogP contribution in [0.3, 0.4) is 0 Å². The molecule has 0 radical (unpaired) electrons. The van der Waals surface area contributed by atoms with Crippen LogP contribution in [0.15, 0.2) is 12.1 Å². The lowest BCUT2D eigenvalue weighted by Crippen LogP contribution is -2.34. The highest BCUT2D eigenvalue weighted by Gasteiger charge is 2.24. The van der Waals surface area contributed by atoms with E-state index in [0.717, 1.165) is 18.9 Å². The Kier molecular flexibility index (Phi) is 6.08. The van der Waals surface area contributed by atoms with E-state index in [-0.39, 0.29) is 17.3 Å². The third-order valence-electron chi connectivity index (χ3n) is 3.21. The fraction of sp³-hybridized carbons (Fsp3) is 0.500. The summed E-state index contributed by atoms with van der Waals surface area (Å²) in [4.78, 5) is 22.5. The van der Waals surface area contributed by atoms with Gasteiger partial charge in [0.15, 0.2) is 5.82 Å². The Morgan fingerprint density at radius 3 is 2.43 bits per heavy atom. The molecule has 1 aromatic rings. The maximum Gasteiger partial charge on any atom is 0.285 e. The van der Waals surface area contributed by atoms with Crippen molar-refractivity contribution in [3.8, 4) is 0 Å². The topological polar surface area (TPSA) is 84.3 Å². The van der Waals surface area contributed by atoms with Crippen molar-refractivity contribution in [3.63, 3.8) is 0 Å². The van der Waals surface area contributed by atoms with Crippen LogP contribution in [-0.4, -0.2) is 23.4 Å². The molecule has 0 heterocycles. The number of amides is 1. The number of nitro groups is 1. The molecule has 0 aliphatic heterocycles. The molecule has 1 amide bonds. The quantitative estimate of drug-likeness (QED) is 0.598. The molecule has 0 aliphatic carbocycles. The number of nitrogens with one attached hydrogen (secondary N) is 2. The minimum absolute atomic E-state index is 0.0651. The van der Waals surface area contributed by atoms with Gasteiger partial charge in [0.1, 0.15) is 5.56 Å². The van der Waals surface area contributed by atoms with E-state index in [0.29, 0.717) is 6.54 Å². The Morgan fingerprint density at radius 2 is 1.95 bits per heavy atom. The summed E-state index contributed by atoms with van der Waals surface area (Å²) in [6.07, 6.45) is 1.44. The highest BCUT2D eigenvalue weighted by molar-refractivity contribution is 5.99. The smallest absolute Gasteiger partial charge is 0.285 e. The molecule has 6 nitrogen and oxygen atoms in total. The summed E-state index contributed by atoms with van der Waals surface area (Å²) in [6.45, 7) is 6.04. The Hall–Kier alpha value is -2.18. The highest BCUT2D eigenvalue weighted by atomic mass is 19.1. The van der Waals surface area contributed by atoms with Crippen LogP contribution in [0, 0.1) is 15.9 Å². The summed E-state index contributed by atoms with van der Waals surface area (Å²) in [5.41, 5.74) is -0.584. The third-order valence-corrected chi connectivity index (χ3v) is 3.21. The zero-order chi connectivity index (χ0) is 16.0. The van der Waals surface area contributed by atoms with Crippen molar-refractivity contribution in [2.24, 2.45) is 0 Å². The normalized spacial score (nSPS) is 10.5. The molecule has 2 N–H and O–H groups in total. The average Bonchev–Trinajstić information content (AvgIpc) is 2.46. The number of hydrogen-bond donors (Lipinski definition) is 2. The molecule has 21 heavy (non-hydrogen) atoms. The van der Waals surface area contributed by atoms with Crippen LogP contribution in [-0.2, 0) is 0 Å². The van der Waals surface area contributed by atoms with Crippen LogP contribution < -0.4 is 10.6 Å². The SMILES string of the molecule is CCNc1cc(C(=O)NC(CC)CC)c([N+](=O)[O-])cc1F. The summed E-state index contributed by atoms with van der Waals surface area (Å²) < 4.78 is 13.7. The maximum absolute atomic E-state index is 13.7. The number of rotatable bonds is 7. The molecule has 0 bridgehead atoms. The van der Waals surface area contributed by atoms with E-state index < -0.39 is 22.3 Å². The molecule has 0 atom stereocenters. The van der Waals surface area contributed by atoms with Crippen molar-refractivity contribution >= 4 is 17.3 Å². The lowest BCUT2D eigenvalue weighted by Gasteiger charge is -2.15. The minimum atomic E-state index is -0.749. The fourth-order valence-electron chi connectivity index (χ4n) is 1.98. The van der Waals surface area contributed by atoms with Gasteiger partial charge in [-0.3, -0.25) is 14.9 Å². The van der Waals surface area contributed by atoms with Crippen molar-refractivity contribution in [1.82, 2.24) is 5.32 Å². The third kappa shape index (κ3) is 4.14. The Balaban J connectivity index is 3.21. The maximum atomic E-state index is 13.7. The molecule has 1 aromatic carbocycles. The predicted molar refractivity (Wildman–Crippen MR) is 79.1 cm³/mol. The first-order valence-corrected chi connectivity index (χ1v) is 6.97. The van der Waals surface area contributed by atoms with Gasteiger partial charge in [-0.15, -0.1) is 0 Å². The highest BCUT2D eigenvalue weighted by Crippen LogP contribution is 2.26. The number of carbonyl (C=O) groups excluding carboxylic acids is 1. The van der Waals surface area contributed by atoms with Crippen molar-refractivity contribution < 1.29 is 14.1 Å². The first-order chi connectivity index (χ1) is 9.94. The van der Waals surface area contributed by atoms with Crippen LogP contribution in [0.2, 0.25) is 0 Å². The molecule has 0 aromatic heterocycles.